The van der Waals surface area contributed by atoms with Gasteiger partial charge in [0.05, 0.1) is 18.4 Å². The van der Waals surface area contributed by atoms with Crippen molar-refractivity contribution in [3.05, 3.63) is 29.3 Å². The summed E-state index contributed by atoms with van der Waals surface area (Å²) in [6.45, 7) is 6.63. The number of rotatable bonds is 2. The van der Waals surface area contributed by atoms with E-state index in [9.17, 15) is 4.79 Å². The Bertz CT molecular complexity index is 600. The Morgan fingerprint density at radius 1 is 1.45 bits per heavy atom. The van der Waals surface area contributed by atoms with Crippen LogP contribution in [-0.4, -0.2) is 18.3 Å². The number of nitrogens with zero attached hydrogens (tertiary/aromatic N) is 1. The van der Waals surface area contributed by atoms with Gasteiger partial charge in [-0.2, -0.15) is 0 Å². The third kappa shape index (κ3) is 1.90. The van der Waals surface area contributed by atoms with Gasteiger partial charge in [-0.15, -0.1) is 0 Å². The largest absolute Gasteiger partial charge is 0.493 e. The van der Waals surface area contributed by atoms with E-state index in [0.29, 0.717) is 5.84 Å². The predicted molar refractivity (Wildman–Crippen MR) is 78.0 cm³/mol. The normalized spacial score (nSPS) is 26.9. The summed E-state index contributed by atoms with van der Waals surface area (Å²) in [6, 6.07) is 6.12. The molecular weight excluding hydrogens is 252 g/mol. The summed E-state index contributed by atoms with van der Waals surface area (Å²) < 4.78 is 5.61. The number of amides is 1. The van der Waals surface area contributed by atoms with Crippen LogP contribution in [-0.2, 0) is 11.2 Å². The third-order valence-corrected chi connectivity index (χ3v) is 4.49. The fourth-order valence-corrected chi connectivity index (χ4v) is 3.46. The Labute approximate surface area is 119 Å². The molecule has 20 heavy (non-hydrogen) atoms. The molecule has 0 radical (unpaired) electrons. The first-order valence-corrected chi connectivity index (χ1v) is 7.02. The van der Waals surface area contributed by atoms with Gasteiger partial charge >= 0.3 is 0 Å². The summed E-state index contributed by atoms with van der Waals surface area (Å²) in [5.74, 6) is 1.34. The molecule has 1 aromatic rings. The number of carbonyl (C=O) groups excluding carboxylic acids is 1. The lowest BCUT2D eigenvalue weighted by Gasteiger charge is -2.07. The fourth-order valence-electron chi connectivity index (χ4n) is 3.46. The van der Waals surface area contributed by atoms with Crippen LogP contribution in [0.3, 0.4) is 0 Å². The highest BCUT2D eigenvalue weighted by atomic mass is 16.5. The maximum atomic E-state index is 12.2. The zero-order valence-corrected chi connectivity index (χ0v) is 12.1. The van der Waals surface area contributed by atoms with E-state index < -0.39 is 0 Å². The van der Waals surface area contributed by atoms with Crippen molar-refractivity contribution in [1.82, 2.24) is 0 Å². The van der Waals surface area contributed by atoms with Gasteiger partial charge in [0.1, 0.15) is 5.75 Å². The maximum absolute atomic E-state index is 12.2. The number of hydrogen-bond donors (Lipinski definition) is 1. The number of aliphatic imine (C=N–C) groups is 1. The quantitative estimate of drug-likeness (QED) is 0.663. The van der Waals surface area contributed by atoms with Crippen LogP contribution in [0.4, 0.5) is 0 Å². The third-order valence-electron chi connectivity index (χ3n) is 4.49. The summed E-state index contributed by atoms with van der Waals surface area (Å²) in [5, 5.41) is 0. The van der Waals surface area contributed by atoms with E-state index in [1.54, 1.807) is 6.92 Å². The molecule has 0 bridgehead atoms. The molecule has 2 aliphatic rings. The number of ether oxygens (including phenoxy) is 1. The molecule has 106 valence electrons. The van der Waals surface area contributed by atoms with Gasteiger partial charge in [-0.1, -0.05) is 26.0 Å². The standard InChI is InChI=1S/C16H20N2O2/c1-9(17)18-15(19)14-13(16(14,2)3)11-5-4-6-12-10(11)7-8-20-12/h4-6,13-14H,7-8H2,1-3H3,(H2,17,18,19). The van der Waals surface area contributed by atoms with Gasteiger partial charge in [0, 0.05) is 17.9 Å². The first-order chi connectivity index (χ1) is 9.43. The minimum absolute atomic E-state index is 0.0618. The van der Waals surface area contributed by atoms with Crippen LogP contribution in [0, 0.1) is 11.3 Å². The topological polar surface area (TPSA) is 64.7 Å². The number of hydrogen-bond acceptors (Lipinski definition) is 2. The number of amidine groups is 1. The summed E-state index contributed by atoms with van der Waals surface area (Å²) in [5.41, 5.74) is 7.97. The van der Waals surface area contributed by atoms with E-state index in [2.05, 4.69) is 24.9 Å². The molecule has 0 aromatic heterocycles. The van der Waals surface area contributed by atoms with Gasteiger partial charge in [-0.05, 0) is 24.0 Å². The van der Waals surface area contributed by atoms with Crippen LogP contribution in [0.1, 0.15) is 37.8 Å². The summed E-state index contributed by atoms with van der Waals surface area (Å²) in [4.78, 5) is 16.1. The molecule has 1 aliphatic carbocycles. The van der Waals surface area contributed by atoms with Crippen LogP contribution in [0.15, 0.2) is 23.2 Å². The van der Waals surface area contributed by atoms with Gasteiger partial charge in [0.25, 0.3) is 5.91 Å². The molecule has 1 aromatic carbocycles. The maximum Gasteiger partial charge on any atom is 0.251 e. The molecule has 1 saturated carbocycles. The smallest absolute Gasteiger partial charge is 0.251 e. The van der Waals surface area contributed by atoms with E-state index in [1.807, 2.05) is 12.1 Å². The molecule has 2 unspecified atom stereocenters. The molecule has 2 N–H and O–H groups in total. The van der Waals surface area contributed by atoms with Crippen molar-refractivity contribution in [2.24, 2.45) is 22.1 Å². The van der Waals surface area contributed by atoms with E-state index in [0.717, 1.165) is 18.8 Å². The number of benzene rings is 1. The van der Waals surface area contributed by atoms with E-state index >= 15 is 0 Å². The van der Waals surface area contributed by atoms with Crippen LogP contribution in [0.25, 0.3) is 0 Å². The average Bonchev–Trinajstić information content (AvgIpc) is 2.73. The molecule has 4 heteroatoms. The highest BCUT2D eigenvalue weighted by molar-refractivity contribution is 5.96. The minimum atomic E-state index is -0.100. The van der Waals surface area contributed by atoms with E-state index in [4.69, 9.17) is 10.5 Å². The first-order valence-electron chi connectivity index (χ1n) is 7.02. The molecule has 1 amide bonds. The zero-order chi connectivity index (χ0) is 14.5. The lowest BCUT2D eigenvalue weighted by atomic mass is 9.96. The van der Waals surface area contributed by atoms with Gasteiger partial charge in [0.15, 0.2) is 0 Å². The van der Waals surface area contributed by atoms with Crippen molar-refractivity contribution in [3.63, 3.8) is 0 Å². The van der Waals surface area contributed by atoms with Crippen LogP contribution in [0.2, 0.25) is 0 Å². The van der Waals surface area contributed by atoms with Crippen LogP contribution < -0.4 is 10.5 Å². The van der Waals surface area contributed by atoms with Crippen molar-refractivity contribution < 1.29 is 9.53 Å². The highest BCUT2D eigenvalue weighted by Crippen LogP contribution is 2.66. The second-order valence-electron chi connectivity index (χ2n) is 6.29. The van der Waals surface area contributed by atoms with Crippen LogP contribution >= 0.6 is 0 Å². The van der Waals surface area contributed by atoms with Gasteiger partial charge in [-0.3, -0.25) is 4.79 Å². The van der Waals surface area contributed by atoms with Crippen molar-refractivity contribution >= 4 is 11.7 Å². The second kappa shape index (κ2) is 4.33. The zero-order valence-electron chi connectivity index (χ0n) is 12.1. The molecule has 1 fully saturated rings. The summed E-state index contributed by atoms with van der Waals surface area (Å²) >= 11 is 0. The fraction of sp³-hybridized carbons (Fsp3) is 0.500. The number of nitrogens with two attached hydrogens (primary N) is 1. The molecule has 0 saturated heterocycles. The highest BCUT2D eigenvalue weighted by Gasteiger charge is 2.62. The summed E-state index contributed by atoms with van der Waals surface area (Å²) in [7, 11) is 0. The van der Waals surface area contributed by atoms with E-state index in [-0.39, 0.29) is 23.2 Å². The Morgan fingerprint density at radius 2 is 2.20 bits per heavy atom. The predicted octanol–water partition coefficient (Wildman–Crippen LogP) is 2.26. The van der Waals surface area contributed by atoms with Crippen molar-refractivity contribution in [2.45, 2.75) is 33.1 Å². The molecule has 0 spiro atoms. The van der Waals surface area contributed by atoms with Crippen LogP contribution in [0.5, 0.6) is 5.75 Å². The molecule has 1 aliphatic heterocycles. The van der Waals surface area contributed by atoms with Gasteiger partial charge < -0.3 is 10.5 Å². The molecule has 1 heterocycles. The first kappa shape index (κ1) is 13.2. The van der Waals surface area contributed by atoms with Crippen molar-refractivity contribution in [1.29, 1.82) is 0 Å². The minimum Gasteiger partial charge on any atom is -0.493 e. The average molecular weight is 272 g/mol. The van der Waals surface area contributed by atoms with Crippen molar-refractivity contribution in [2.75, 3.05) is 6.61 Å². The van der Waals surface area contributed by atoms with Crippen molar-refractivity contribution in [3.8, 4) is 5.75 Å². The molecule has 4 nitrogen and oxygen atoms in total. The Kier molecular flexibility index (Phi) is 2.85. The monoisotopic (exact) mass is 272 g/mol. The number of fused-ring (bicyclic) bond motifs is 1. The lowest BCUT2D eigenvalue weighted by Crippen LogP contribution is -2.12. The second-order valence-corrected chi connectivity index (χ2v) is 6.29. The summed E-state index contributed by atoms with van der Waals surface area (Å²) in [6.07, 6.45) is 0.929. The van der Waals surface area contributed by atoms with Gasteiger partial charge in [-0.25, -0.2) is 4.99 Å². The molecule has 2 atom stereocenters. The lowest BCUT2D eigenvalue weighted by molar-refractivity contribution is -0.119. The molecular formula is C16H20N2O2. The molecule has 3 rings (SSSR count). The Hall–Kier alpha value is -1.84. The van der Waals surface area contributed by atoms with Gasteiger partial charge in [0.2, 0.25) is 0 Å². The SMILES string of the molecule is CC(N)=NC(=O)C1C(c2cccc3c2CCO3)C1(C)C. The number of carbonyl (C=O) groups is 1. The Morgan fingerprint density at radius 3 is 2.90 bits per heavy atom. The Balaban J connectivity index is 1.94. The van der Waals surface area contributed by atoms with E-state index in [1.165, 1.54) is 11.1 Å².